The van der Waals surface area contributed by atoms with Crippen molar-refractivity contribution in [3.63, 3.8) is 0 Å². The largest absolute Gasteiger partial charge is 0.392 e. The highest BCUT2D eigenvalue weighted by Gasteiger charge is 2.68. The summed E-state index contributed by atoms with van der Waals surface area (Å²) < 4.78 is 11.2. The summed E-state index contributed by atoms with van der Waals surface area (Å²) in [5.41, 5.74) is 0.813. The number of epoxide rings is 1. The molecule has 0 aromatic rings. The van der Waals surface area contributed by atoms with E-state index in [9.17, 15) is 14.7 Å². The number of hydrogen-bond donors (Lipinski definition) is 2. The van der Waals surface area contributed by atoms with Gasteiger partial charge >= 0.3 is 0 Å². The number of rotatable bonds is 15. The Morgan fingerprint density at radius 3 is 2.78 bits per heavy atom. The van der Waals surface area contributed by atoms with Gasteiger partial charge in [-0.1, -0.05) is 69.7 Å². The van der Waals surface area contributed by atoms with E-state index in [1.54, 1.807) is 14.0 Å². The zero-order chi connectivity index (χ0) is 23.6. The first kappa shape index (κ1) is 27.0. The van der Waals surface area contributed by atoms with Crippen molar-refractivity contribution in [1.29, 1.82) is 0 Å². The van der Waals surface area contributed by atoms with Crippen molar-refractivity contribution in [2.75, 3.05) is 13.7 Å². The lowest BCUT2D eigenvalue weighted by atomic mass is 9.76. The van der Waals surface area contributed by atoms with E-state index in [-0.39, 0.29) is 30.4 Å². The standard InChI is InChI=1S/C25H40ClNO5/c1-4-5-6-7-9-12-20(31-3)13-10-8-11-14-23(29)27-17-19(16-26)25-22(32-25)15-21(28)18(2)24(25)30/h8,10,16,18,20-22,28H,4-7,9,11-15,17H2,1-3H3,(H,27,29)/b10-8+,19-16+/t18-,20+,21-,22+,25+/m1/s1. The van der Waals surface area contributed by atoms with Gasteiger partial charge in [-0.2, -0.15) is 0 Å². The number of hydrogen-bond acceptors (Lipinski definition) is 5. The molecule has 6 nitrogen and oxygen atoms in total. The van der Waals surface area contributed by atoms with E-state index in [0.717, 1.165) is 12.8 Å². The Morgan fingerprint density at radius 1 is 1.34 bits per heavy atom. The molecule has 1 aliphatic carbocycles. The Labute approximate surface area is 197 Å². The molecule has 0 radical (unpaired) electrons. The van der Waals surface area contributed by atoms with Crippen LogP contribution in [0.25, 0.3) is 0 Å². The minimum Gasteiger partial charge on any atom is -0.392 e. The number of aliphatic hydroxyl groups is 1. The van der Waals surface area contributed by atoms with Gasteiger partial charge < -0.3 is 19.9 Å². The number of ether oxygens (including phenoxy) is 2. The summed E-state index contributed by atoms with van der Waals surface area (Å²) in [6.45, 7) is 4.09. The number of nitrogens with one attached hydrogen (secondary N) is 1. The molecule has 1 amide bonds. The van der Waals surface area contributed by atoms with Crippen LogP contribution in [-0.2, 0) is 19.1 Å². The summed E-state index contributed by atoms with van der Waals surface area (Å²) in [6.07, 6.45) is 12.9. The van der Waals surface area contributed by atoms with Gasteiger partial charge in [0.1, 0.15) is 6.10 Å². The van der Waals surface area contributed by atoms with Crippen molar-refractivity contribution in [1.82, 2.24) is 5.32 Å². The maximum atomic E-state index is 12.7. The molecule has 0 bridgehead atoms. The van der Waals surface area contributed by atoms with Crippen molar-refractivity contribution in [2.45, 2.75) is 102 Å². The molecule has 2 fully saturated rings. The van der Waals surface area contributed by atoms with E-state index in [1.807, 2.05) is 6.08 Å². The average Bonchev–Trinajstić information content (AvgIpc) is 3.51. The van der Waals surface area contributed by atoms with Gasteiger partial charge in [0.25, 0.3) is 0 Å². The smallest absolute Gasteiger partial charge is 0.220 e. The molecule has 2 aliphatic rings. The first-order valence-corrected chi connectivity index (χ1v) is 12.5. The maximum Gasteiger partial charge on any atom is 0.220 e. The van der Waals surface area contributed by atoms with Crippen molar-refractivity contribution < 1.29 is 24.2 Å². The molecule has 0 aromatic heterocycles. The molecule has 0 spiro atoms. The fraction of sp³-hybridized carbons (Fsp3) is 0.760. The molecule has 32 heavy (non-hydrogen) atoms. The van der Waals surface area contributed by atoms with E-state index in [4.69, 9.17) is 21.1 Å². The maximum absolute atomic E-state index is 12.7. The molecular weight excluding hydrogens is 430 g/mol. The summed E-state index contributed by atoms with van der Waals surface area (Å²) in [6, 6.07) is 0. The van der Waals surface area contributed by atoms with E-state index in [2.05, 4.69) is 18.3 Å². The van der Waals surface area contributed by atoms with Crippen LogP contribution in [0.2, 0.25) is 0 Å². The number of methoxy groups -OCH3 is 1. The van der Waals surface area contributed by atoms with E-state index in [1.165, 1.54) is 37.6 Å². The number of ketones is 1. The SMILES string of the molecule is CCCCCCC[C@@H](C/C=C/CCC(=O)NC/C(=C\Cl)[C@]12O[C@H]1C[C@@H](O)[C@@H](C)C2=O)OC. The molecule has 2 N–H and O–H groups in total. The topological polar surface area (TPSA) is 88.2 Å². The second-order valence-electron chi connectivity index (χ2n) is 9.02. The third kappa shape index (κ3) is 7.14. The van der Waals surface area contributed by atoms with Gasteiger partial charge in [0.2, 0.25) is 5.91 Å². The first-order chi connectivity index (χ1) is 15.4. The molecule has 2 rings (SSSR count). The van der Waals surface area contributed by atoms with Crippen LogP contribution in [0.5, 0.6) is 0 Å². The molecule has 0 aromatic carbocycles. The Hall–Kier alpha value is -1.21. The third-order valence-corrected chi connectivity index (χ3v) is 6.95. The average molecular weight is 470 g/mol. The van der Waals surface area contributed by atoms with Crippen LogP contribution in [0, 0.1) is 5.92 Å². The Bertz CT molecular complexity index is 679. The fourth-order valence-corrected chi connectivity index (χ4v) is 4.66. The van der Waals surface area contributed by atoms with Crippen LogP contribution in [0.3, 0.4) is 0 Å². The van der Waals surface area contributed by atoms with Crippen LogP contribution in [0.15, 0.2) is 23.3 Å². The number of amides is 1. The molecule has 5 atom stereocenters. The molecule has 1 heterocycles. The number of allylic oxidation sites excluding steroid dienone is 1. The number of unbranched alkanes of at least 4 members (excludes halogenated alkanes) is 4. The van der Waals surface area contributed by atoms with Gasteiger partial charge in [0, 0.05) is 43.5 Å². The van der Waals surface area contributed by atoms with Crippen molar-refractivity contribution in [3.05, 3.63) is 23.3 Å². The number of aliphatic hydroxyl groups excluding tert-OH is 1. The summed E-state index contributed by atoms with van der Waals surface area (Å²) in [7, 11) is 1.76. The van der Waals surface area contributed by atoms with Crippen molar-refractivity contribution >= 4 is 23.3 Å². The first-order valence-electron chi connectivity index (χ1n) is 12.0. The predicted molar refractivity (Wildman–Crippen MR) is 127 cm³/mol. The highest BCUT2D eigenvalue weighted by atomic mass is 35.5. The number of carbonyl (C=O) groups is 2. The molecule has 1 saturated heterocycles. The third-order valence-electron chi connectivity index (χ3n) is 6.69. The number of Topliss-reactive ketones (excluding diaryl/α,β-unsaturated/α-hetero) is 1. The van der Waals surface area contributed by atoms with Gasteiger partial charge in [0.05, 0.1) is 12.2 Å². The summed E-state index contributed by atoms with van der Waals surface area (Å²) in [4.78, 5) is 24.9. The minimum absolute atomic E-state index is 0.102. The molecule has 1 saturated carbocycles. The van der Waals surface area contributed by atoms with E-state index in [0.29, 0.717) is 24.8 Å². The van der Waals surface area contributed by atoms with Gasteiger partial charge in [-0.25, -0.2) is 0 Å². The van der Waals surface area contributed by atoms with Crippen molar-refractivity contribution in [2.24, 2.45) is 5.92 Å². The van der Waals surface area contributed by atoms with Crippen LogP contribution in [0.1, 0.15) is 78.1 Å². The van der Waals surface area contributed by atoms with E-state index < -0.39 is 17.6 Å². The lowest BCUT2D eigenvalue weighted by Crippen LogP contribution is -2.46. The number of fused-ring (bicyclic) bond motifs is 1. The van der Waals surface area contributed by atoms with Crippen LogP contribution in [-0.4, -0.2) is 54.4 Å². The number of halogens is 1. The van der Waals surface area contributed by atoms with E-state index >= 15 is 0 Å². The van der Waals surface area contributed by atoms with Crippen LogP contribution in [0.4, 0.5) is 0 Å². The van der Waals surface area contributed by atoms with Crippen LogP contribution < -0.4 is 5.32 Å². The summed E-state index contributed by atoms with van der Waals surface area (Å²) >= 11 is 5.97. The summed E-state index contributed by atoms with van der Waals surface area (Å²) in [5.74, 6) is -0.772. The monoisotopic (exact) mass is 469 g/mol. The Kier molecular flexibility index (Phi) is 11.4. The normalized spacial score (nSPS) is 28.6. The zero-order valence-electron chi connectivity index (χ0n) is 19.8. The van der Waals surface area contributed by atoms with Crippen LogP contribution >= 0.6 is 11.6 Å². The lowest BCUT2D eigenvalue weighted by Gasteiger charge is -2.27. The fourth-order valence-electron chi connectivity index (χ4n) is 4.42. The van der Waals surface area contributed by atoms with Gasteiger partial charge in [0.15, 0.2) is 11.4 Å². The predicted octanol–water partition coefficient (Wildman–Crippen LogP) is 4.43. The molecule has 182 valence electrons. The summed E-state index contributed by atoms with van der Waals surface area (Å²) in [5, 5.41) is 12.8. The second-order valence-corrected chi connectivity index (χ2v) is 9.23. The molecular formula is C25H40ClNO5. The highest BCUT2D eigenvalue weighted by molar-refractivity contribution is 6.26. The quantitative estimate of drug-likeness (QED) is 0.210. The molecule has 1 aliphatic heterocycles. The molecule has 7 heteroatoms. The van der Waals surface area contributed by atoms with Gasteiger partial charge in [-0.15, -0.1) is 0 Å². The minimum atomic E-state index is -1.07. The van der Waals surface area contributed by atoms with Crippen molar-refractivity contribution in [3.8, 4) is 0 Å². The molecule has 0 unspecified atom stereocenters. The lowest BCUT2D eigenvalue weighted by molar-refractivity contribution is -0.131. The zero-order valence-corrected chi connectivity index (χ0v) is 20.5. The Morgan fingerprint density at radius 2 is 2.09 bits per heavy atom. The van der Waals surface area contributed by atoms with Gasteiger partial charge in [-0.05, 0) is 19.3 Å². The Balaban J connectivity index is 1.66. The van der Waals surface area contributed by atoms with Gasteiger partial charge in [-0.3, -0.25) is 9.59 Å². The number of carbonyl (C=O) groups excluding carboxylic acids is 2. The second kappa shape index (κ2) is 13.5. The highest BCUT2D eigenvalue weighted by Crippen LogP contribution is 2.51.